The van der Waals surface area contributed by atoms with Crippen LogP contribution in [0.4, 0.5) is 0 Å². The van der Waals surface area contributed by atoms with Gasteiger partial charge in [-0.25, -0.2) is 0 Å². The Hall–Kier alpha value is -2.89. The Morgan fingerprint density at radius 3 is 2.31 bits per heavy atom. The fourth-order valence-corrected chi connectivity index (χ4v) is 4.90. The molecule has 3 heterocycles. The van der Waals surface area contributed by atoms with Gasteiger partial charge < -0.3 is 14.5 Å². The average Bonchev–Trinajstić information content (AvgIpc) is 2.83. The van der Waals surface area contributed by atoms with Gasteiger partial charge in [0, 0.05) is 42.9 Å². The topological polar surface area (TPSA) is 62.7 Å². The minimum absolute atomic E-state index is 0.0433. The van der Waals surface area contributed by atoms with Gasteiger partial charge in [0.25, 0.3) is 11.8 Å². The summed E-state index contributed by atoms with van der Waals surface area (Å²) in [5.74, 6) is 1.08. The van der Waals surface area contributed by atoms with Crippen LogP contribution in [0.5, 0.6) is 5.75 Å². The summed E-state index contributed by atoms with van der Waals surface area (Å²) in [5, 5.41) is 0. The minimum Gasteiger partial charge on any atom is -0.497 e. The van der Waals surface area contributed by atoms with Gasteiger partial charge in [-0.05, 0) is 82.3 Å². The number of hydrogen-bond donors (Lipinski definition) is 0. The zero-order valence-electron chi connectivity index (χ0n) is 19.3. The van der Waals surface area contributed by atoms with E-state index >= 15 is 0 Å². The quantitative estimate of drug-likeness (QED) is 0.713. The lowest BCUT2D eigenvalue weighted by Crippen LogP contribution is -2.43. The number of aromatic nitrogens is 1. The lowest BCUT2D eigenvalue weighted by atomic mass is 9.89. The van der Waals surface area contributed by atoms with E-state index in [1.165, 1.54) is 6.42 Å². The van der Waals surface area contributed by atoms with Crippen LogP contribution in [0.3, 0.4) is 0 Å². The van der Waals surface area contributed by atoms with Crippen LogP contribution in [-0.4, -0.2) is 59.4 Å². The number of rotatable bonds is 4. The molecule has 4 rings (SSSR count). The number of ether oxygens (including phenoxy) is 1. The van der Waals surface area contributed by atoms with Gasteiger partial charge in [-0.1, -0.05) is 0 Å². The van der Waals surface area contributed by atoms with E-state index in [0.717, 1.165) is 54.9 Å². The molecule has 6 nitrogen and oxygen atoms in total. The standard InChI is InChI=1S/C26H33N3O3/c1-18-7-12-23(26(31)29-15-5-4-6-19(29)2)24(27-18)20-13-16-28(17-14-20)25(30)21-8-10-22(32-3)11-9-21/h7-12,19-20H,4-6,13-17H2,1-3H3. The summed E-state index contributed by atoms with van der Waals surface area (Å²) < 4.78 is 5.19. The van der Waals surface area contributed by atoms with Crippen LogP contribution in [-0.2, 0) is 0 Å². The molecule has 0 radical (unpaired) electrons. The Kier molecular flexibility index (Phi) is 6.77. The SMILES string of the molecule is COc1ccc(C(=O)N2CCC(c3nc(C)ccc3C(=O)N3CCCCC3C)CC2)cc1. The highest BCUT2D eigenvalue weighted by atomic mass is 16.5. The molecule has 2 aromatic rings. The molecule has 0 bridgehead atoms. The maximum Gasteiger partial charge on any atom is 0.255 e. The molecule has 170 valence electrons. The van der Waals surface area contributed by atoms with Crippen LogP contribution < -0.4 is 4.74 Å². The molecule has 6 heteroatoms. The maximum absolute atomic E-state index is 13.4. The minimum atomic E-state index is 0.0433. The van der Waals surface area contributed by atoms with Gasteiger partial charge in [-0.15, -0.1) is 0 Å². The second-order valence-corrected chi connectivity index (χ2v) is 9.02. The number of nitrogens with zero attached hydrogens (tertiary/aromatic N) is 3. The maximum atomic E-state index is 13.4. The van der Waals surface area contributed by atoms with Crippen molar-refractivity contribution in [2.45, 2.75) is 57.9 Å². The second-order valence-electron chi connectivity index (χ2n) is 9.02. The molecule has 32 heavy (non-hydrogen) atoms. The molecule has 1 aromatic heterocycles. The van der Waals surface area contributed by atoms with E-state index in [2.05, 4.69) is 6.92 Å². The molecule has 2 amide bonds. The first-order chi connectivity index (χ1) is 15.5. The molecular weight excluding hydrogens is 402 g/mol. The van der Waals surface area contributed by atoms with Gasteiger partial charge in [-0.3, -0.25) is 14.6 Å². The summed E-state index contributed by atoms with van der Waals surface area (Å²) >= 11 is 0. The van der Waals surface area contributed by atoms with E-state index in [-0.39, 0.29) is 23.8 Å². The zero-order chi connectivity index (χ0) is 22.7. The molecule has 0 saturated carbocycles. The van der Waals surface area contributed by atoms with E-state index in [1.807, 2.05) is 53.1 Å². The molecule has 2 saturated heterocycles. The Labute approximate surface area is 190 Å². The Balaban J connectivity index is 1.47. The molecule has 0 spiro atoms. The molecule has 1 unspecified atom stereocenters. The van der Waals surface area contributed by atoms with Crippen molar-refractivity contribution in [3.05, 3.63) is 58.9 Å². The van der Waals surface area contributed by atoms with E-state index in [9.17, 15) is 9.59 Å². The molecule has 0 aliphatic carbocycles. The molecule has 1 atom stereocenters. The van der Waals surface area contributed by atoms with E-state index < -0.39 is 0 Å². The number of carbonyl (C=O) groups excluding carboxylic acids is 2. The number of amides is 2. The van der Waals surface area contributed by atoms with E-state index in [4.69, 9.17) is 9.72 Å². The van der Waals surface area contributed by atoms with Crippen molar-refractivity contribution in [2.24, 2.45) is 0 Å². The fraction of sp³-hybridized carbons (Fsp3) is 0.500. The van der Waals surface area contributed by atoms with Crippen LogP contribution in [0.1, 0.15) is 77.0 Å². The number of pyridine rings is 1. The number of likely N-dealkylation sites (tertiary alicyclic amines) is 2. The first-order valence-electron chi connectivity index (χ1n) is 11.7. The monoisotopic (exact) mass is 435 g/mol. The highest BCUT2D eigenvalue weighted by Crippen LogP contribution is 2.31. The highest BCUT2D eigenvalue weighted by molar-refractivity contribution is 5.96. The summed E-state index contributed by atoms with van der Waals surface area (Å²) in [6.45, 7) is 6.27. The Morgan fingerprint density at radius 1 is 0.938 bits per heavy atom. The molecule has 2 aliphatic rings. The van der Waals surface area contributed by atoms with Crippen LogP contribution in [0.15, 0.2) is 36.4 Å². The molecule has 2 aliphatic heterocycles. The van der Waals surface area contributed by atoms with Crippen LogP contribution >= 0.6 is 0 Å². The average molecular weight is 436 g/mol. The second kappa shape index (κ2) is 9.72. The third kappa shape index (κ3) is 4.64. The van der Waals surface area contributed by atoms with Crippen molar-refractivity contribution >= 4 is 11.8 Å². The smallest absolute Gasteiger partial charge is 0.255 e. The first kappa shape index (κ1) is 22.3. The Bertz CT molecular complexity index is 965. The van der Waals surface area contributed by atoms with Crippen LogP contribution in [0.2, 0.25) is 0 Å². The van der Waals surface area contributed by atoms with Crippen molar-refractivity contribution in [2.75, 3.05) is 26.7 Å². The van der Waals surface area contributed by atoms with Crippen molar-refractivity contribution < 1.29 is 14.3 Å². The highest BCUT2D eigenvalue weighted by Gasteiger charge is 2.31. The normalized spacial score (nSPS) is 19.7. The van der Waals surface area contributed by atoms with Gasteiger partial charge >= 0.3 is 0 Å². The van der Waals surface area contributed by atoms with Crippen LogP contribution in [0, 0.1) is 6.92 Å². The van der Waals surface area contributed by atoms with Crippen molar-refractivity contribution in [3.63, 3.8) is 0 Å². The molecule has 0 N–H and O–H groups in total. The lowest BCUT2D eigenvalue weighted by molar-refractivity contribution is 0.0628. The Morgan fingerprint density at radius 2 is 1.66 bits per heavy atom. The molecule has 2 fully saturated rings. The number of piperidine rings is 2. The number of hydrogen-bond acceptors (Lipinski definition) is 4. The number of methoxy groups -OCH3 is 1. The summed E-state index contributed by atoms with van der Waals surface area (Å²) in [4.78, 5) is 35.1. The van der Waals surface area contributed by atoms with Crippen molar-refractivity contribution in [1.82, 2.24) is 14.8 Å². The van der Waals surface area contributed by atoms with E-state index in [0.29, 0.717) is 18.7 Å². The number of benzene rings is 1. The van der Waals surface area contributed by atoms with Gasteiger partial charge in [0.15, 0.2) is 0 Å². The predicted molar refractivity (Wildman–Crippen MR) is 124 cm³/mol. The van der Waals surface area contributed by atoms with Crippen molar-refractivity contribution in [1.29, 1.82) is 0 Å². The number of carbonyl (C=O) groups is 2. The molecular formula is C26H33N3O3. The third-order valence-electron chi connectivity index (χ3n) is 6.86. The zero-order valence-corrected chi connectivity index (χ0v) is 19.3. The first-order valence-corrected chi connectivity index (χ1v) is 11.7. The van der Waals surface area contributed by atoms with E-state index in [1.54, 1.807) is 7.11 Å². The summed E-state index contributed by atoms with van der Waals surface area (Å²) in [6.07, 6.45) is 4.94. The molecule has 1 aromatic carbocycles. The lowest BCUT2D eigenvalue weighted by Gasteiger charge is -2.35. The largest absolute Gasteiger partial charge is 0.497 e. The van der Waals surface area contributed by atoms with Gasteiger partial charge in [0.2, 0.25) is 0 Å². The fourth-order valence-electron chi connectivity index (χ4n) is 4.90. The van der Waals surface area contributed by atoms with Crippen LogP contribution in [0.25, 0.3) is 0 Å². The van der Waals surface area contributed by atoms with Gasteiger partial charge in [-0.2, -0.15) is 0 Å². The summed E-state index contributed by atoms with van der Waals surface area (Å²) in [5.41, 5.74) is 3.25. The summed E-state index contributed by atoms with van der Waals surface area (Å²) in [6, 6.07) is 11.4. The van der Waals surface area contributed by atoms with Crippen molar-refractivity contribution in [3.8, 4) is 5.75 Å². The van der Waals surface area contributed by atoms with Gasteiger partial charge in [0.05, 0.1) is 18.4 Å². The third-order valence-corrected chi connectivity index (χ3v) is 6.86. The summed E-state index contributed by atoms with van der Waals surface area (Å²) in [7, 11) is 1.62. The number of aryl methyl sites for hydroxylation is 1. The van der Waals surface area contributed by atoms with Gasteiger partial charge in [0.1, 0.15) is 5.75 Å². The predicted octanol–water partition coefficient (Wildman–Crippen LogP) is 4.43.